The maximum atomic E-state index is 13.1. The summed E-state index contributed by atoms with van der Waals surface area (Å²) in [7, 11) is 1.55. The van der Waals surface area contributed by atoms with Crippen molar-refractivity contribution >= 4 is 17.4 Å². The van der Waals surface area contributed by atoms with Crippen molar-refractivity contribution in [1.29, 1.82) is 0 Å². The van der Waals surface area contributed by atoms with Gasteiger partial charge < -0.3 is 19.5 Å². The molecule has 1 unspecified atom stereocenters. The van der Waals surface area contributed by atoms with Crippen LogP contribution in [-0.2, 0) is 16.1 Å². The predicted molar refractivity (Wildman–Crippen MR) is 125 cm³/mol. The number of aliphatic hydroxyl groups excluding tert-OH is 1. The summed E-state index contributed by atoms with van der Waals surface area (Å²) in [5.74, 6) is -0.257. The molecule has 0 aromatic heterocycles. The zero-order valence-corrected chi connectivity index (χ0v) is 18.5. The van der Waals surface area contributed by atoms with Crippen LogP contribution >= 0.6 is 0 Å². The Kier molecular flexibility index (Phi) is 6.45. The highest BCUT2D eigenvalue weighted by atomic mass is 16.5. The third-order valence-electron chi connectivity index (χ3n) is 5.61. The molecule has 1 amide bonds. The number of hydrogen-bond donors (Lipinski definition) is 1. The Labute approximate surface area is 192 Å². The number of ketones is 1. The monoisotopic (exact) mass is 443 g/mol. The summed E-state index contributed by atoms with van der Waals surface area (Å²) < 4.78 is 10.7. The molecule has 0 bridgehead atoms. The molecule has 33 heavy (non-hydrogen) atoms. The first-order chi connectivity index (χ1) is 16.0. The lowest BCUT2D eigenvalue weighted by molar-refractivity contribution is -0.140. The van der Waals surface area contributed by atoms with Gasteiger partial charge in [0.1, 0.15) is 17.3 Å². The van der Waals surface area contributed by atoms with E-state index < -0.39 is 17.7 Å². The molecule has 3 aromatic rings. The van der Waals surface area contributed by atoms with Gasteiger partial charge >= 0.3 is 0 Å². The van der Waals surface area contributed by atoms with Gasteiger partial charge in [-0.25, -0.2) is 0 Å². The summed E-state index contributed by atoms with van der Waals surface area (Å²) in [4.78, 5) is 27.7. The summed E-state index contributed by atoms with van der Waals surface area (Å²) in [6, 6.07) is 22.7. The number of hydrogen-bond acceptors (Lipinski definition) is 5. The number of benzene rings is 3. The number of aliphatic hydroxyl groups is 1. The number of Topliss-reactive ketones (excluding diaryl/α,β-unsaturated/α-hetero) is 1. The fraction of sp³-hybridized carbons (Fsp3) is 0.185. The van der Waals surface area contributed by atoms with Gasteiger partial charge in [0.25, 0.3) is 11.7 Å². The fourth-order valence-corrected chi connectivity index (χ4v) is 3.99. The van der Waals surface area contributed by atoms with Gasteiger partial charge in [-0.3, -0.25) is 9.59 Å². The minimum absolute atomic E-state index is 0.0604. The van der Waals surface area contributed by atoms with E-state index in [1.54, 1.807) is 43.5 Å². The van der Waals surface area contributed by atoms with Crippen molar-refractivity contribution in [2.45, 2.75) is 19.5 Å². The summed E-state index contributed by atoms with van der Waals surface area (Å²) in [5, 5.41) is 11.1. The Bertz CT molecular complexity index is 1170. The van der Waals surface area contributed by atoms with E-state index in [0.717, 1.165) is 5.56 Å². The van der Waals surface area contributed by atoms with Crippen LogP contribution in [-0.4, -0.2) is 35.4 Å². The van der Waals surface area contributed by atoms with Crippen LogP contribution in [0, 0.1) is 0 Å². The maximum Gasteiger partial charge on any atom is 0.295 e. The standard InChI is InChI=1S/C27H25NO5/c1-3-33-22-15-9-19(10-16-22)24-23(25(29)20-11-13-21(32-2)14-12-20)26(30)27(31)28(24)17-18-7-5-4-6-8-18/h4-16,24,29H,3,17H2,1-2H3/b25-23+. The lowest BCUT2D eigenvalue weighted by Gasteiger charge is -2.25. The second-order valence-corrected chi connectivity index (χ2v) is 7.64. The van der Waals surface area contributed by atoms with Crippen LogP contribution in [0.1, 0.15) is 29.7 Å². The smallest absolute Gasteiger partial charge is 0.295 e. The number of methoxy groups -OCH3 is 1. The van der Waals surface area contributed by atoms with Crippen LogP contribution in [0.15, 0.2) is 84.4 Å². The Balaban J connectivity index is 1.81. The van der Waals surface area contributed by atoms with Gasteiger partial charge in [0.2, 0.25) is 0 Å². The highest BCUT2D eigenvalue weighted by molar-refractivity contribution is 6.46. The number of carbonyl (C=O) groups is 2. The first-order valence-corrected chi connectivity index (χ1v) is 10.7. The van der Waals surface area contributed by atoms with E-state index in [2.05, 4.69) is 0 Å². The average molecular weight is 443 g/mol. The van der Waals surface area contributed by atoms with Gasteiger partial charge in [-0.05, 0) is 54.4 Å². The molecule has 1 saturated heterocycles. The molecular weight excluding hydrogens is 418 g/mol. The van der Waals surface area contributed by atoms with E-state index in [1.165, 1.54) is 4.90 Å². The van der Waals surface area contributed by atoms with Gasteiger partial charge in [0.05, 0.1) is 25.3 Å². The molecule has 6 nitrogen and oxygen atoms in total. The summed E-state index contributed by atoms with van der Waals surface area (Å²) >= 11 is 0. The van der Waals surface area contributed by atoms with Crippen LogP contribution in [0.5, 0.6) is 11.5 Å². The third-order valence-corrected chi connectivity index (χ3v) is 5.61. The first-order valence-electron chi connectivity index (χ1n) is 10.7. The van der Waals surface area contributed by atoms with E-state index in [4.69, 9.17) is 9.47 Å². The first kappa shape index (κ1) is 22.1. The van der Waals surface area contributed by atoms with Crippen LogP contribution in [0.3, 0.4) is 0 Å². The molecule has 4 rings (SSSR count). The molecule has 0 saturated carbocycles. The van der Waals surface area contributed by atoms with Crippen molar-refractivity contribution in [2.75, 3.05) is 13.7 Å². The number of carbonyl (C=O) groups excluding carboxylic acids is 2. The molecule has 168 valence electrons. The van der Waals surface area contributed by atoms with Crippen molar-refractivity contribution < 1.29 is 24.2 Å². The molecular formula is C27H25NO5. The van der Waals surface area contributed by atoms with Gasteiger partial charge in [0.15, 0.2) is 0 Å². The molecule has 1 atom stereocenters. The zero-order valence-electron chi connectivity index (χ0n) is 18.5. The van der Waals surface area contributed by atoms with E-state index in [-0.39, 0.29) is 17.9 Å². The quantitative estimate of drug-likeness (QED) is 0.325. The topological polar surface area (TPSA) is 76.1 Å². The fourth-order valence-electron chi connectivity index (χ4n) is 3.99. The van der Waals surface area contributed by atoms with Crippen molar-refractivity contribution in [3.63, 3.8) is 0 Å². The van der Waals surface area contributed by atoms with Gasteiger partial charge in [0, 0.05) is 12.1 Å². The highest BCUT2D eigenvalue weighted by Crippen LogP contribution is 2.40. The Hall–Kier alpha value is -4.06. The molecule has 3 aromatic carbocycles. The summed E-state index contributed by atoms with van der Waals surface area (Å²) in [5.41, 5.74) is 2.10. The highest BCUT2D eigenvalue weighted by Gasteiger charge is 2.46. The van der Waals surface area contributed by atoms with Crippen LogP contribution in [0.4, 0.5) is 0 Å². The van der Waals surface area contributed by atoms with Gasteiger partial charge in [-0.15, -0.1) is 0 Å². The van der Waals surface area contributed by atoms with E-state index in [9.17, 15) is 14.7 Å². The number of amides is 1. The molecule has 1 N–H and O–H groups in total. The largest absolute Gasteiger partial charge is 0.507 e. The maximum absolute atomic E-state index is 13.1. The lowest BCUT2D eigenvalue weighted by Crippen LogP contribution is -2.29. The van der Waals surface area contributed by atoms with E-state index in [1.807, 2.05) is 49.4 Å². The Morgan fingerprint density at radius 3 is 2.15 bits per heavy atom. The van der Waals surface area contributed by atoms with Crippen molar-refractivity contribution in [3.05, 3.63) is 101 Å². The van der Waals surface area contributed by atoms with E-state index >= 15 is 0 Å². The van der Waals surface area contributed by atoms with Gasteiger partial charge in [-0.1, -0.05) is 42.5 Å². The predicted octanol–water partition coefficient (Wildman–Crippen LogP) is 4.72. The number of likely N-dealkylation sites (tertiary alicyclic amines) is 1. The number of ether oxygens (including phenoxy) is 2. The molecule has 6 heteroatoms. The molecule has 1 fully saturated rings. The van der Waals surface area contributed by atoms with Crippen molar-refractivity contribution in [3.8, 4) is 11.5 Å². The zero-order chi connectivity index (χ0) is 23.4. The lowest BCUT2D eigenvalue weighted by atomic mass is 9.95. The Morgan fingerprint density at radius 1 is 0.909 bits per heavy atom. The molecule has 1 heterocycles. The SMILES string of the molecule is CCOc1ccc(C2/C(=C(\O)c3ccc(OC)cc3)C(=O)C(=O)N2Cc2ccccc2)cc1. The molecule has 0 aliphatic carbocycles. The molecule has 0 spiro atoms. The minimum Gasteiger partial charge on any atom is -0.507 e. The minimum atomic E-state index is -0.733. The molecule has 1 aliphatic rings. The second-order valence-electron chi connectivity index (χ2n) is 7.64. The van der Waals surface area contributed by atoms with Crippen LogP contribution in [0.2, 0.25) is 0 Å². The van der Waals surface area contributed by atoms with E-state index in [0.29, 0.717) is 29.2 Å². The summed E-state index contributed by atoms with van der Waals surface area (Å²) in [6.45, 7) is 2.67. The normalized spacial score (nSPS) is 17.3. The van der Waals surface area contributed by atoms with Crippen LogP contribution in [0.25, 0.3) is 5.76 Å². The van der Waals surface area contributed by atoms with Crippen LogP contribution < -0.4 is 9.47 Å². The molecule has 1 aliphatic heterocycles. The molecule has 0 radical (unpaired) electrons. The van der Waals surface area contributed by atoms with Crippen molar-refractivity contribution in [1.82, 2.24) is 4.90 Å². The Morgan fingerprint density at radius 2 is 1.55 bits per heavy atom. The number of rotatable bonds is 7. The second kappa shape index (κ2) is 9.61. The third kappa shape index (κ3) is 4.46. The van der Waals surface area contributed by atoms with Gasteiger partial charge in [-0.2, -0.15) is 0 Å². The average Bonchev–Trinajstić information content (AvgIpc) is 3.10. The summed E-state index contributed by atoms with van der Waals surface area (Å²) in [6.07, 6.45) is 0. The number of nitrogens with zero attached hydrogens (tertiary/aromatic N) is 1. The van der Waals surface area contributed by atoms with Crippen molar-refractivity contribution in [2.24, 2.45) is 0 Å².